The Bertz CT molecular complexity index is 523. The Hall–Kier alpha value is -1.84. The zero-order valence-electron chi connectivity index (χ0n) is 12.1. The molecule has 1 N–H and O–H groups in total. The van der Waals surface area contributed by atoms with Gasteiger partial charge in [0.2, 0.25) is 0 Å². The quantitative estimate of drug-likeness (QED) is 0.839. The second kappa shape index (κ2) is 7.68. The third-order valence-corrected chi connectivity index (χ3v) is 3.07. The van der Waals surface area contributed by atoms with Crippen molar-refractivity contribution in [2.45, 2.75) is 19.8 Å². The lowest BCUT2D eigenvalue weighted by atomic mass is 10.1. The molecule has 0 bridgehead atoms. The van der Waals surface area contributed by atoms with E-state index in [1.807, 2.05) is 31.3 Å². The van der Waals surface area contributed by atoms with E-state index in [4.69, 9.17) is 9.47 Å². The molecule has 0 unspecified atom stereocenters. The lowest BCUT2D eigenvalue weighted by molar-refractivity contribution is 0.107. The first-order valence-electron chi connectivity index (χ1n) is 6.75. The molecule has 2 rings (SSSR count). The van der Waals surface area contributed by atoms with Crippen molar-refractivity contribution in [2.75, 3.05) is 14.2 Å². The summed E-state index contributed by atoms with van der Waals surface area (Å²) in [4.78, 5) is 0. The third-order valence-electron chi connectivity index (χ3n) is 3.07. The fourth-order valence-corrected chi connectivity index (χ4v) is 2.04. The molecule has 106 valence electrons. The Labute approximate surface area is 120 Å². The molecule has 0 saturated carbocycles. The van der Waals surface area contributed by atoms with Gasteiger partial charge in [-0.1, -0.05) is 36.4 Å². The highest BCUT2D eigenvalue weighted by atomic mass is 16.5. The lowest BCUT2D eigenvalue weighted by Crippen LogP contribution is -2.05. The average molecular weight is 271 g/mol. The van der Waals surface area contributed by atoms with E-state index in [1.54, 1.807) is 7.11 Å². The van der Waals surface area contributed by atoms with Gasteiger partial charge in [-0.25, -0.2) is 0 Å². The summed E-state index contributed by atoms with van der Waals surface area (Å²) < 4.78 is 10.9. The van der Waals surface area contributed by atoms with Crippen molar-refractivity contribution in [3.8, 4) is 5.75 Å². The number of methoxy groups -OCH3 is 1. The minimum Gasteiger partial charge on any atom is -0.497 e. The first-order valence-corrected chi connectivity index (χ1v) is 6.75. The number of benzene rings is 2. The molecule has 0 amide bonds. The van der Waals surface area contributed by atoms with Crippen molar-refractivity contribution < 1.29 is 9.47 Å². The molecule has 0 aliphatic carbocycles. The van der Waals surface area contributed by atoms with Crippen LogP contribution in [0.3, 0.4) is 0 Å². The topological polar surface area (TPSA) is 30.5 Å². The van der Waals surface area contributed by atoms with Gasteiger partial charge >= 0.3 is 0 Å². The molecule has 0 aliphatic rings. The molecule has 3 heteroatoms. The molecule has 2 aromatic rings. The van der Waals surface area contributed by atoms with Gasteiger partial charge in [0, 0.05) is 6.54 Å². The molecule has 2 aromatic carbocycles. The van der Waals surface area contributed by atoms with Crippen LogP contribution in [-0.4, -0.2) is 14.2 Å². The van der Waals surface area contributed by atoms with Gasteiger partial charge < -0.3 is 14.8 Å². The third kappa shape index (κ3) is 4.37. The Balaban J connectivity index is 1.84. The predicted molar refractivity (Wildman–Crippen MR) is 80.7 cm³/mol. The van der Waals surface area contributed by atoms with Crippen LogP contribution in [0, 0.1) is 0 Å². The maximum atomic E-state index is 5.75. The van der Waals surface area contributed by atoms with E-state index in [9.17, 15) is 0 Å². The summed E-state index contributed by atoms with van der Waals surface area (Å²) in [6.07, 6.45) is 0. The Morgan fingerprint density at radius 2 is 1.60 bits per heavy atom. The van der Waals surface area contributed by atoms with Gasteiger partial charge in [-0.2, -0.15) is 0 Å². The minimum absolute atomic E-state index is 0.611. The van der Waals surface area contributed by atoms with Gasteiger partial charge in [-0.05, 0) is 35.9 Å². The van der Waals surface area contributed by atoms with Crippen LogP contribution >= 0.6 is 0 Å². The van der Waals surface area contributed by atoms with Crippen molar-refractivity contribution >= 4 is 0 Å². The summed E-state index contributed by atoms with van der Waals surface area (Å²) >= 11 is 0. The molecule has 0 atom stereocenters. The van der Waals surface area contributed by atoms with Crippen molar-refractivity contribution in [3.05, 3.63) is 65.2 Å². The summed E-state index contributed by atoms with van der Waals surface area (Å²) in [5.74, 6) is 0.869. The molecule has 0 aromatic heterocycles. The van der Waals surface area contributed by atoms with E-state index in [2.05, 4.69) is 29.6 Å². The zero-order valence-corrected chi connectivity index (χ0v) is 12.1. The molecule has 0 heterocycles. The highest BCUT2D eigenvalue weighted by Crippen LogP contribution is 2.13. The van der Waals surface area contributed by atoms with Crippen LogP contribution in [0.2, 0.25) is 0 Å². The molecule has 0 fully saturated rings. The summed E-state index contributed by atoms with van der Waals surface area (Å²) in [6.45, 7) is 2.12. The minimum atomic E-state index is 0.611. The lowest BCUT2D eigenvalue weighted by Gasteiger charge is -2.07. The van der Waals surface area contributed by atoms with Crippen molar-refractivity contribution in [1.82, 2.24) is 5.32 Å². The van der Waals surface area contributed by atoms with Crippen LogP contribution < -0.4 is 10.1 Å². The number of nitrogens with one attached hydrogen (secondary N) is 1. The summed E-state index contributed by atoms with van der Waals surface area (Å²) in [6, 6.07) is 16.4. The van der Waals surface area contributed by atoms with E-state index in [0.717, 1.165) is 17.9 Å². The Kier molecular flexibility index (Phi) is 5.59. The average Bonchev–Trinajstić information content (AvgIpc) is 2.49. The largest absolute Gasteiger partial charge is 0.497 e. The molecular weight excluding hydrogens is 250 g/mol. The second-order valence-corrected chi connectivity index (χ2v) is 4.69. The Morgan fingerprint density at radius 1 is 0.900 bits per heavy atom. The normalized spacial score (nSPS) is 10.5. The molecule has 20 heavy (non-hydrogen) atoms. The van der Waals surface area contributed by atoms with Gasteiger partial charge in [0.25, 0.3) is 0 Å². The van der Waals surface area contributed by atoms with E-state index in [1.165, 1.54) is 11.1 Å². The van der Waals surface area contributed by atoms with Gasteiger partial charge in [-0.15, -0.1) is 0 Å². The monoisotopic (exact) mass is 271 g/mol. The van der Waals surface area contributed by atoms with Crippen LogP contribution in [0.1, 0.15) is 16.7 Å². The standard InChI is InChI=1S/C17H21NO2/c1-18-11-15-4-3-5-16(10-15)13-20-12-14-6-8-17(19-2)9-7-14/h3-10,18H,11-13H2,1-2H3. The van der Waals surface area contributed by atoms with Crippen LogP contribution in [0.15, 0.2) is 48.5 Å². The van der Waals surface area contributed by atoms with Gasteiger partial charge in [0.15, 0.2) is 0 Å². The maximum Gasteiger partial charge on any atom is 0.118 e. The maximum absolute atomic E-state index is 5.75. The molecule has 0 aliphatic heterocycles. The fraction of sp³-hybridized carbons (Fsp3) is 0.294. The van der Waals surface area contributed by atoms with Crippen molar-refractivity contribution in [2.24, 2.45) is 0 Å². The van der Waals surface area contributed by atoms with Gasteiger partial charge in [0.1, 0.15) is 5.75 Å². The highest BCUT2D eigenvalue weighted by molar-refractivity contribution is 5.27. The Morgan fingerprint density at radius 3 is 2.30 bits per heavy atom. The summed E-state index contributed by atoms with van der Waals surface area (Å²) in [7, 11) is 3.62. The molecule has 3 nitrogen and oxygen atoms in total. The zero-order chi connectivity index (χ0) is 14.2. The van der Waals surface area contributed by atoms with Gasteiger partial charge in [-0.3, -0.25) is 0 Å². The molecule has 0 spiro atoms. The molecule has 0 radical (unpaired) electrons. The highest BCUT2D eigenvalue weighted by Gasteiger charge is 1.98. The predicted octanol–water partition coefficient (Wildman–Crippen LogP) is 3.13. The smallest absolute Gasteiger partial charge is 0.118 e. The first kappa shape index (κ1) is 14.6. The van der Waals surface area contributed by atoms with E-state index in [-0.39, 0.29) is 0 Å². The summed E-state index contributed by atoms with van der Waals surface area (Å²) in [5, 5.41) is 3.15. The van der Waals surface area contributed by atoms with Crippen molar-refractivity contribution in [1.29, 1.82) is 0 Å². The number of ether oxygens (including phenoxy) is 2. The van der Waals surface area contributed by atoms with Crippen LogP contribution in [0.4, 0.5) is 0 Å². The van der Waals surface area contributed by atoms with Crippen molar-refractivity contribution in [3.63, 3.8) is 0 Å². The van der Waals surface area contributed by atoms with Crippen LogP contribution in [0.5, 0.6) is 5.75 Å². The van der Waals surface area contributed by atoms with E-state index < -0.39 is 0 Å². The second-order valence-electron chi connectivity index (χ2n) is 4.69. The van der Waals surface area contributed by atoms with Crippen LogP contribution in [-0.2, 0) is 24.5 Å². The molecule has 0 saturated heterocycles. The van der Waals surface area contributed by atoms with E-state index in [0.29, 0.717) is 13.2 Å². The number of rotatable bonds is 7. The SMILES string of the molecule is CNCc1cccc(COCc2ccc(OC)cc2)c1. The first-order chi connectivity index (χ1) is 9.81. The fourth-order valence-electron chi connectivity index (χ4n) is 2.04. The van der Waals surface area contributed by atoms with Crippen LogP contribution in [0.25, 0.3) is 0 Å². The van der Waals surface area contributed by atoms with Gasteiger partial charge in [0.05, 0.1) is 20.3 Å². The molecular formula is C17H21NO2. The summed E-state index contributed by atoms with van der Waals surface area (Å²) in [5.41, 5.74) is 3.63. The number of hydrogen-bond acceptors (Lipinski definition) is 3. The van der Waals surface area contributed by atoms with E-state index >= 15 is 0 Å². The number of hydrogen-bond donors (Lipinski definition) is 1.